The number of nitrogens with zero attached hydrogens (tertiary/aromatic N) is 1. The van der Waals surface area contributed by atoms with Gasteiger partial charge in [-0.1, -0.05) is 30.3 Å². The van der Waals surface area contributed by atoms with Gasteiger partial charge in [0, 0.05) is 0 Å². The molecule has 0 heterocycles. The molecule has 0 spiro atoms. The van der Waals surface area contributed by atoms with Crippen LogP contribution in [-0.4, -0.2) is 11.2 Å². The Morgan fingerprint density at radius 3 is 2.58 bits per heavy atom. The van der Waals surface area contributed by atoms with E-state index in [-0.39, 0.29) is 0 Å². The van der Waals surface area contributed by atoms with Crippen molar-refractivity contribution in [2.24, 2.45) is 0 Å². The minimum Gasteiger partial charge on any atom is -0.378 e. The van der Waals surface area contributed by atoms with Gasteiger partial charge >= 0.3 is 0 Å². The number of aliphatic hydroxyl groups excluding tert-OH is 1. The summed E-state index contributed by atoms with van der Waals surface area (Å²) in [5, 5.41) is 17.3. The molecular weight excluding hydrogens is 150 g/mol. The van der Waals surface area contributed by atoms with E-state index < -0.39 is 6.10 Å². The normalized spacial score (nSPS) is 12.0. The van der Waals surface area contributed by atoms with Crippen LogP contribution in [0.15, 0.2) is 30.3 Å². The van der Waals surface area contributed by atoms with Gasteiger partial charge in [0.25, 0.3) is 0 Å². The van der Waals surface area contributed by atoms with Crippen molar-refractivity contribution in [3.05, 3.63) is 35.9 Å². The molecule has 0 radical (unpaired) electrons. The SMILES string of the molecule is N#CC(O)CCc1ccccc1. The maximum absolute atomic E-state index is 8.96. The molecule has 0 aliphatic carbocycles. The molecule has 0 saturated carbocycles. The van der Waals surface area contributed by atoms with E-state index in [0.717, 1.165) is 12.0 Å². The Labute approximate surface area is 72.1 Å². The second kappa shape index (κ2) is 4.53. The van der Waals surface area contributed by atoms with Gasteiger partial charge in [0.05, 0.1) is 6.07 Å². The summed E-state index contributed by atoms with van der Waals surface area (Å²) in [4.78, 5) is 0. The Hall–Kier alpha value is -1.33. The first kappa shape index (κ1) is 8.76. The average molecular weight is 161 g/mol. The number of aliphatic hydroxyl groups is 1. The largest absolute Gasteiger partial charge is 0.378 e. The number of nitriles is 1. The lowest BCUT2D eigenvalue weighted by Crippen LogP contribution is -2.03. The Balaban J connectivity index is 2.40. The van der Waals surface area contributed by atoms with Crippen molar-refractivity contribution < 1.29 is 5.11 Å². The highest BCUT2D eigenvalue weighted by atomic mass is 16.3. The van der Waals surface area contributed by atoms with Gasteiger partial charge in [0.1, 0.15) is 6.10 Å². The molecule has 0 amide bonds. The molecule has 0 bridgehead atoms. The first-order valence-electron chi connectivity index (χ1n) is 3.94. The van der Waals surface area contributed by atoms with Gasteiger partial charge in [-0.25, -0.2) is 0 Å². The molecule has 0 saturated heterocycles. The molecule has 2 nitrogen and oxygen atoms in total. The first-order chi connectivity index (χ1) is 5.83. The molecule has 0 fully saturated rings. The molecule has 0 aliphatic heterocycles. The summed E-state index contributed by atoms with van der Waals surface area (Å²) < 4.78 is 0. The Bertz CT molecular complexity index is 263. The zero-order valence-electron chi connectivity index (χ0n) is 6.77. The van der Waals surface area contributed by atoms with Crippen molar-refractivity contribution in [3.8, 4) is 6.07 Å². The van der Waals surface area contributed by atoms with Crippen LogP contribution >= 0.6 is 0 Å². The smallest absolute Gasteiger partial charge is 0.140 e. The van der Waals surface area contributed by atoms with Crippen LogP contribution in [0.1, 0.15) is 12.0 Å². The molecule has 1 N–H and O–H groups in total. The van der Waals surface area contributed by atoms with Crippen LogP contribution in [0.5, 0.6) is 0 Å². The summed E-state index contributed by atoms with van der Waals surface area (Å²) in [7, 11) is 0. The van der Waals surface area contributed by atoms with Crippen molar-refractivity contribution >= 4 is 0 Å². The maximum Gasteiger partial charge on any atom is 0.140 e. The molecule has 1 atom stereocenters. The fraction of sp³-hybridized carbons (Fsp3) is 0.300. The third kappa shape index (κ3) is 2.73. The second-order valence-electron chi connectivity index (χ2n) is 2.67. The molecule has 0 aromatic heterocycles. The number of benzene rings is 1. The molecule has 62 valence electrons. The van der Waals surface area contributed by atoms with Gasteiger partial charge in [-0.3, -0.25) is 0 Å². The zero-order valence-corrected chi connectivity index (χ0v) is 6.77. The minimum atomic E-state index is -0.829. The van der Waals surface area contributed by atoms with E-state index in [1.54, 1.807) is 6.07 Å². The minimum absolute atomic E-state index is 0.514. The quantitative estimate of drug-likeness (QED) is 0.683. The van der Waals surface area contributed by atoms with E-state index in [4.69, 9.17) is 10.4 Å². The van der Waals surface area contributed by atoms with Crippen LogP contribution in [0.3, 0.4) is 0 Å². The lowest BCUT2D eigenvalue weighted by atomic mass is 10.1. The molecule has 2 heteroatoms. The van der Waals surface area contributed by atoms with Gasteiger partial charge in [-0.05, 0) is 18.4 Å². The first-order valence-corrected chi connectivity index (χ1v) is 3.94. The zero-order chi connectivity index (χ0) is 8.81. The van der Waals surface area contributed by atoms with Crippen LogP contribution in [-0.2, 0) is 6.42 Å². The van der Waals surface area contributed by atoms with Gasteiger partial charge in [0.15, 0.2) is 0 Å². The average Bonchev–Trinajstić information content (AvgIpc) is 2.16. The van der Waals surface area contributed by atoms with Crippen molar-refractivity contribution in [2.45, 2.75) is 18.9 Å². The van der Waals surface area contributed by atoms with Crippen LogP contribution in [0, 0.1) is 11.3 Å². The number of aryl methyl sites for hydroxylation is 1. The summed E-state index contributed by atoms with van der Waals surface area (Å²) in [5.41, 5.74) is 1.16. The third-order valence-corrected chi connectivity index (χ3v) is 1.70. The fourth-order valence-electron chi connectivity index (χ4n) is 1.01. The van der Waals surface area contributed by atoms with E-state index in [0.29, 0.717) is 6.42 Å². The highest BCUT2D eigenvalue weighted by Gasteiger charge is 2.00. The Morgan fingerprint density at radius 2 is 2.00 bits per heavy atom. The second-order valence-corrected chi connectivity index (χ2v) is 2.67. The molecule has 1 aromatic carbocycles. The lowest BCUT2D eigenvalue weighted by Gasteiger charge is -2.00. The van der Waals surface area contributed by atoms with Crippen molar-refractivity contribution in [3.63, 3.8) is 0 Å². The van der Waals surface area contributed by atoms with E-state index in [9.17, 15) is 0 Å². The van der Waals surface area contributed by atoms with Crippen LogP contribution in [0.4, 0.5) is 0 Å². The number of hydrogen-bond acceptors (Lipinski definition) is 2. The van der Waals surface area contributed by atoms with E-state index in [2.05, 4.69) is 0 Å². The Kier molecular flexibility index (Phi) is 3.31. The highest BCUT2D eigenvalue weighted by molar-refractivity contribution is 5.14. The molecule has 12 heavy (non-hydrogen) atoms. The van der Waals surface area contributed by atoms with Crippen LogP contribution in [0.2, 0.25) is 0 Å². The van der Waals surface area contributed by atoms with Crippen molar-refractivity contribution in [1.29, 1.82) is 5.26 Å². The maximum atomic E-state index is 8.96. The molecule has 0 aliphatic rings. The van der Waals surface area contributed by atoms with Gasteiger partial charge < -0.3 is 5.11 Å². The van der Waals surface area contributed by atoms with E-state index in [1.165, 1.54) is 0 Å². The number of rotatable bonds is 3. The third-order valence-electron chi connectivity index (χ3n) is 1.70. The van der Waals surface area contributed by atoms with Gasteiger partial charge in [-0.15, -0.1) is 0 Å². The summed E-state index contributed by atoms with van der Waals surface area (Å²) in [5.74, 6) is 0. The molecule has 1 aromatic rings. The summed E-state index contributed by atoms with van der Waals surface area (Å²) >= 11 is 0. The van der Waals surface area contributed by atoms with E-state index in [1.807, 2.05) is 30.3 Å². The van der Waals surface area contributed by atoms with Gasteiger partial charge in [-0.2, -0.15) is 5.26 Å². The van der Waals surface area contributed by atoms with Crippen molar-refractivity contribution in [2.75, 3.05) is 0 Å². The van der Waals surface area contributed by atoms with Crippen LogP contribution in [0.25, 0.3) is 0 Å². The summed E-state index contributed by atoms with van der Waals surface area (Å²) in [6.45, 7) is 0. The predicted octanol–water partition coefficient (Wildman–Crippen LogP) is 1.50. The molecule has 1 unspecified atom stereocenters. The topological polar surface area (TPSA) is 44.0 Å². The summed E-state index contributed by atoms with van der Waals surface area (Å²) in [6.07, 6.45) is 0.445. The van der Waals surface area contributed by atoms with Gasteiger partial charge in [0.2, 0.25) is 0 Å². The predicted molar refractivity (Wildman–Crippen MR) is 46.4 cm³/mol. The number of hydrogen-bond donors (Lipinski definition) is 1. The summed E-state index contributed by atoms with van der Waals surface area (Å²) in [6, 6.07) is 11.6. The monoisotopic (exact) mass is 161 g/mol. The van der Waals surface area contributed by atoms with Crippen molar-refractivity contribution in [1.82, 2.24) is 0 Å². The fourth-order valence-corrected chi connectivity index (χ4v) is 1.01. The van der Waals surface area contributed by atoms with E-state index >= 15 is 0 Å². The van der Waals surface area contributed by atoms with Crippen LogP contribution < -0.4 is 0 Å². The highest BCUT2D eigenvalue weighted by Crippen LogP contribution is 2.03. The molecule has 1 rings (SSSR count). The Morgan fingerprint density at radius 1 is 1.33 bits per heavy atom. The molecular formula is C10H11NO. The standard InChI is InChI=1S/C10H11NO/c11-8-10(12)7-6-9-4-2-1-3-5-9/h1-5,10,12H,6-7H2. The lowest BCUT2D eigenvalue weighted by molar-refractivity contribution is 0.220.